The maximum Gasteiger partial charge on any atom is 0.273 e. The molecule has 1 aromatic carbocycles. The van der Waals surface area contributed by atoms with Gasteiger partial charge in [-0.05, 0) is 37.7 Å². The van der Waals surface area contributed by atoms with Crippen LogP contribution < -0.4 is 5.32 Å². The molecule has 0 spiro atoms. The van der Waals surface area contributed by atoms with Crippen molar-refractivity contribution in [1.29, 1.82) is 0 Å². The Labute approximate surface area is 129 Å². The molecule has 0 aliphatic heterocycles. The van der Waals surface area contributed by atoms with E-state index >= 15 is 0 Å². The summed E-state index contributed by atoms with van der Waals surface area (Å²) in [5.41, 5.74) is 0.917. The van der Waals surface area contributed by atoms with Crippen LogP contribution in [0.25, 0.3) is 0 Å². The standard InChI is InChI=1S/C16H22N2O4/c1-2-12-6-7-13(9-15(12)18(21)22)16(20)17-10-11-4-3-5-14(19)8-11/h6-7,9,11,14,19H,2-5,8,10H2,1H3,(H,17,20). The summed E-state index contributed by atoms with van der Waals surface area (Å²) in [7, 11) is 0. The molecular formula is C16H22N2O4. The van der Waals surface area contributed by atoms with Gasteiger partial charge >= 0.3 is 0 Å². The van der Waals surface area contributed by atoms with Crippen molar-refractivity contribution in [2.75, 3.05) is 6.54 Å². The van der Waals surface area contributed by atoms with Gasteiger partial charge in [0.1, 0.15) is 0 Å². The van der Waals surface area contributed by atoms with E-state index in [9.17, 15) is 20.0 Å². The summed E-state index contributed by atoms with van der Waals surface area (Å²) in [6.07, 6.45) is 3.77. The molecule has 0 aromatic heterocycles. The Bertz CT molecular complexity index is 559. The number of aliphatic hydroxyl groups is 1. The van der Waals surface area contributed by atoms with Gasteiger partial charge < -0.3 is 10.4 Å². The molecule has 1 aromatic rings. The molecule has 22 heavy (non-hydrogen) atoms. The predicted octanol–water partition coefficient (Wildman–Crippen LogP) is 2.44. The predicted molar refractivity (Wildman–Crippen MR) is 82.8 cm³/mol. The van der Waals surface area contributed by atoms with Crippen LogP contribution in [0, 0.1) is 16.0 Å². The first-order valence-corrected chi connectivity index (χ1v) is 7.74. The highest BCUT2D eigenvalue weighted by molar-refractivity contribution is 5.95. The number of aryl methyl sites for hydroxylation is 1. The number of nitro benzene ring substituents is 1. The van der Waals surface area contributed by atoms with Gasteiger partial charge in [0.2, 0.25) is 0 Å². The first-order chi connectivity index (χ1) is 10.5. The minimum Gasteiger partial charge on any atom is -0.393 e. The zero-order valence-electron chi connectivity index (χ0n) is 12.7. The Balaban J connectivity index is 2.00. The molecule has 120 valence electrons. The van der Waals surface area contributed by atoms with Crippen molar-refractivity contribution in [3.63, 3.8) is 0 Å². The molecule has 1 aliphatic rings. The number of carbonyl (C=O) groups excluding carboxylic acids is 1. The quantitative estimate of drug-likeness (QED) is 0.645. The smallest absolute Gasteiger partial charge is 0.273 e. The Morgan fingerprint density at radius 1 is 1.45 bits per heavy atom. The van der Waals surface area contributed by atoms with Gasteiger partial charge in [0.15, 0.2) is 0 Å². The summed E-state index contributed by atoms with van der Waals surface area (Å²) in [4.78, 5) is 22.7. The van der Waals surface area contributed by atoms with Crippen LogP contribution in [0.15, 0.2) is 18.2 Å². The Hall–Kier alpha value is -1.95. The van der Waals surface area contributed by atoms with Gasteiger partial charge in [0.05, 0.1) is 11.0 Å². The number of nitrogens with zero attached hydrogens (tertiary/aromatic N) is 1. The molecule has 0 heterocycles. The second kappa shape index (κ2) is 7.35. The van der Waals surface area contributed by atoms with Crippen molar-refractivity contribution in [3.8, 4) is 0 Å². The summed E-state index contributed by atoms with van der Waals surface area (Å²) < 4.78 is 0. The topological polar surface area (TPSA) is 92.5 Å². The lowest BCUT2D eigenvalue weighted by Gasteiger charge is -2.25. The summed E-state index contributed by atoms with van der Waals surface area (Å²) >= 11 is 0. The van der Waals surface area contributed by atoms with Crippen LogP contribution in [0.1, 0.15) is 48.5 Å². The van der Waals surface area contributed by atoms with E-state index in [1.165, 1.54) is 6.07 Å². The molecule has 1 fully saturated rings. The molecule has 1 amide bonds. The molecule has 6 nitrogen and oxygen atoms in total. The van der Waals surface area contributed by atoms with Crippen LogP contribution in [0.5, 0.6) is 0 Å². The maximum absolute atomic E-state index is 12.1. The van der Waals surface area contributed by atoms with Gasteiger partial charge in [-0.15, -0.1) is 0 Å². The van der Waals surface area contributed by atoms with Crippen LogP contribution in [0.4, 0.5) is 5.69 Å². The molecule has 2 atom stereocenters. The normalized spacial score (nSPS) is 21.4. The molecule has 2 unspecified atom stereocenters. The monoisotopic (exact) mass is 306 g/mol. The number of nitro groups is 1. The summed E-state index contributed by atoms with van der Waals surface area (Å²) in [5.74, 6) is -0.0246. The third-order valence-corrected chi connectivity index (χ3v) is 4.23. The van der Waals surface area contributed by atoms with Gasteiger partial charge in [-0.3, -0.25) is 14.9 Å². The molecule has 6 heteroatoms. The average molecular weight is 306 g/mol. The molecule has 2 N–H and O–H groups in total. The number of hydrogen-bond donors (Lipinski definition) is 2. The number of carbonyl (C=O) groups is 1. The highest BCUT2D eigenvalue weighted by Gasteiger charge is 2.21. The lowest BCUT2D eigenvalue weighted by Crippen LogP contribution is -2.33. The van der Waals surface area contributed by atoms with Gasteiger partial charge in [-0.2, -0.15) is 0 Å². The minimum atomic E-state index is -0.451. The molecular weight excluding hydrogens is 284 g/mol. The van der Waals surface area contributed by atoms with E-state index in [2.05, 4.69) is 5.32 Å². The highest BCUT2D eigenvalue weighted by atomic mass is 16.6. The van der Waals surface area contributed by atoms with Crippen LogP contribution in [-0.2, 0) is 6.42 Å². The van der Waals surface area contributed by atoms with Crippen LogP contribution in [0.2, 0.25) is 0 Å². The maximum atomic E-state index is 12.1. The van der Waals surface area contributed by atoms with Gasteiger partial charge in [0.25, 0.3) is 11.6 Å². The molecule has 0 radical (unpaired) electrons. The third kappa shape index (κ3) is 4.04. The van der Waals surface area contributed by atoms with E-state index in [-0.39, 0.29) is 23.6 Å². The van der Waals surface area contributed by atoms with Gasteiger partial charge in [-0.25, -0.2) is 0 Å². The Morgan fingerprint density at radius 3 is 2.86 bits per heavy atom. The van der Waals surface area contributed by atoms with Crippen molar-refractivity contribution < 1.29 is 14.8 Å². The molecule has 1 saturated carbocycles. The molecule has 0 bridgehead atoms. The van der Waals surface area contributed by atoms with E-state index < -0.39 is 4.92 Å². The lowest BCUT2D eigenvalue weighted by atomic mass is 9.87. The van der Waals surface area contributed by atoms with Gasteiger partial charge in [0, 0.05) is 23.7 Å². The number of nitrogens with one attached hydrogen (secondary N) is 1. The van der Waals surface area contributed by atoms with E-state index in [0.29, 0.717) is 30.5 Å². The largest absolute Gasteiger partial charge is 0.393 e. The Morgan fingerprint density at radius 2 is 2.23 bits per heavy atom. The van der Waals surface area contributed by atoms with Crippen molar-refractivity contribution in [2.24, 2.45) is 5.92 Å². The van der Waals surface area contributed by atoms with E-state index in [1.54, 1.807) is 12.1 Å². The van der Waals surface area contributed by atoms with Crippen molar-refractivity contribution >= 4 is 11.6 Å². The average Bonchev–Trinajstić information content (AvgIpc) is 2.52. The van der Waals surface area contributed by atoms with Crippen LogP contribution in [0.3, 0.4) is 0 Å². The van der Waals surface area contributed by atoms with E-state index in [4.69, 9.17) is 0 Å². The minimum absolute atomic E-state index is 0.0109. The van der Waals surface area contributed by atoms with Crippen molar-refractivity contribution in [2.45, 2.75) is 45.1 Å². The fraction of sp³-hybridized carbons (Fsp3) is 0.562. The zero-order valence-corrected chi connectivity index (χ0v) is 12.7. The van der Waals surface area contributed by atoms with Crippen LogP contribution >= 0.6 is 0 Å². The highest BCUT2D eigenvalue weighted by Crippen LogP contribution is 2.24. The Kier molecular flexibility index (Phi) is 5.49. The van der Waals surface area contributed by atoms with Crippen molar-refractivity contribution in [1.82, 2.24) is 5.32 Å². The second-order valence-corrected chi connectivity index (χ2v) is 5.85. The zero-order chi connectivity index (χ0) is 16.1. The summed E-state index contributed by atoms with van der Waals surface area (Å²) in [6, 6.07) is 4.60. The molecule has 0 saturated heterocycles. The van der Waals surface area contributed by atoms with Gasteiger partial charge in [-0.1, -0.05) is 19.4 Å². The van der Waals surface area contributed by atoms with Crippen LogP contribution in [-0.4, -0.2) is 28.6 Å². The SMILES string of the molecule is CCc1ccc(C(=O)NCC2CCCC(O)C2)cc1[N+](=O)[O-]. The lowest BCUT2D eigenvalue weighted by molar-refractivity contribution is -0.385. The third-order valence-electron chi connectivity index (χ3n) is 4.23. The number of aliphatic hydroxyl groups excluding tert-OH is 1. The molecule has 1 aliphatic carbocycles. The fourth-order valence-electron chi connectivity index (χ4n) is 2.96. The number of benzene rings is 1. The van der Waals surface area contributed by atoms with E-state index in [1.807, 2.05) is 6.92 Å². The first kappa shape index (κ1) is 16.4. The first-order valence-electron chi connectivity index (χ1n) is 7.74. The second-order valence-electron chi connectivity index (χ2n) is 5.85. The number of hydrogen-bond acceptors (Lipinski definition) is 4. The summed E-state index contributed by atoms with van der Waals surface area (Å²) in [6.45, 7) is 2.34. The van der Waals surface area contributed by atoms with E-state index in [0.717, 1.165) is 19.3 Å². The fourth-order valence-corrected chi connectivity index (χ4v) is 2.96. The molecule has 2 rings (SSSR count). The number of rotatable bonds is 5. The number of amides is 1. The summed E-state index contributed by atoms with van der Waals surface area (Å²) in [5, 5.41) is 23.5. The van der Waals surface area contributed by atoms with Crippen molar-refractivity contribution in [3.05, 3.63) is 39.4 Å².